The number of amides is 1. The fourth-order valence-corrected chi connectivity index (χ4v) is 5.66. The van der Waals surface area contributed by atoms with Crippen molar-refractivity contribution >= 4 is 15.9 Å². The predicted molar refractivity (Wildman–Crippen MR) is 142 cm³/mol. The lowest BCUT2D eigenvalue weighted by atomic mass is 10.1. The van der Waals surface area contributed by atoms with Crippen LogP contribution in [0.1, 0.15) is 11.1 Å². The zero-order valence-corrected chi connectivity index (χ0v) is 22.0. The van der Waals surface area contributed by atoms with Crippen molar-refractivity contribution in [2.24, 2.45) is 0 Å². The summed E-state index contributed by atoms with van der Waals surface area (Å²) in [5, 5.41) is 0. The minimum Gasteiger partial charge on any atom is -0.493 e. The molecule has 0 aromatic heterocycles. The molecule has 1 amide bonds. The number of carbonyl (C=O) groups is 1. The van der Waals surface area contributed by atoms with Crippen LogP contribution >= 0.6 is 0 Å². The van der Waals surface area contributed by atoms with Gasteiger partial charge in [0, 0.05) is 38.8 Å². The molecule has 0 spiro atoms. The molecule has 0 radical (unpaired) electrons. The molecule has 8 nitrogen and oxygen atoms in total. The van der Waals surface area contributed by atoms with Crippen molar-refractivity contribution in [3.63, 3.8) is 0 Å². The van der Waals surface area contributed by atoms with Gasteiger partial charge in [0.1, 0.15) is 6.04 Å². The molecular formula is C28H33N3O5S. The lowest BCUT2D eigenvalue weighted by Crippen LogP contribution is -2.55. The van der Waals surface area contributed by atoms with Crippen LogP contribution in [0.5, 0.6) is 11.5 Å². The first kappa shape index (κ1) is 26.7. The van der Waals surface area contributed by atoms with Crippen LogP contribution in [0, 0.1) is 0 Å². The second-order valence-corrected chi connectivity index (χ2v) is 10.7. The van der Waals surface area contributed by atoms with E-state index in [1.54, 1.807) is 4.90 Å². The molecule has 1 atom stereocenters. The fraction of sp³-hybridized carbons (Fsp3) is 0.321. The summed E-state index contributed by atoms with van der Waals surface area (Å²) in [6.45, 7) is 3.34. The molecule has 0 bridgehead atoms. The van der Waals surface area contributed by atoms with E-state index in [0.717, 1.165) is 25.2 Å². The monoisotopic (exact) mass is 523 g/mol. The summed E-state index contributed by atoms with van der Waals surface area (Å²) in [7, 11) is -1.09. The van der Waals surface area contributed by atoms with Crippen LogP contribution in [0.25, 0.3) is 0 Å². The maximum Gasteiger partial charge on any atom is 0.241 e. The van der Waals surface area contributed by atoms with Crippen LogP contribution in [0.4, 0.5) is 0 Å². The van der Waals surface area contributed by atoms with Crippen molar-refractivity contribution in [1.29, 1.82) is 0 Å². The van der Waals surface area contributed by atoms with Crippen molar-refractivity contribution in [3.05, 3.63) is 90.0 Å². The van der Waals surface area contributed by atoms with Crippen LogP contribution in [0.2, 0.25) is 0 Å². The molecule has 3 aromatic rings. The lowest BCUT2D eigenvalue weighted by molar-refractivity contribution is -0.134. The van der Waals surface area contributed by atoms with Gasteiger partial charge in [-0.15, -0.1) is 0 Å². The zero-order valence-electron chi connectivity index (χ0n) is 21.2. The molecule has 1 saturated heterocycles. The van der Waals surface area contributed by atoms with E-state index in [9.17, 15) is 13.2 Å². The van der Waals surface area contributed by atoms with Gasteiger partial charge in [-0.05, 0) is 29.7 Å². The Labute approximate surface area is 218 Å². The third-order valence-electron chi connectivity index (χ3n) is 6.48. The number of methoxy groups -OCH3 is 2. The summed E-state index contributed by atoms with van der Waals surface area (Å²) >= 11 is 0. The van der Waals surface area contributed by atoms with Crippen LogP contribution < -0.4 is 14.2 Å². The Kier molecular flexibility index (Phi) is 8.81. The highest BCUT2D eigenvalue weighted by molar-refractivity contribution is 7.89. The molecule has 0 saturated carbocycles. The summed E-state index contributed by atoms with van der Waals surface area (Å²) in [6, 6.07) is 23.1. The van der Waals surface area contributed by atoms with E-state index < -0.39 is 16.1 Å². The SMILES string of the molecule is COc1ccc(S(=O)(=O)N[C@@H](Cc2ccccc2)C(=O)N2CCN(Cc3ccccc3)CC2)cc1OC. The Morgan fingerprint density at radius 2 is 1.43 bits per heavy atom. The first-order chi connectivity index (χ1) is 17.9. The summed E-state index contributed by atoms with van der Waals surface area (Å²) in [4.78, 5) is 17.7. The average molecular weight is 524 g/mol. The van der Waals surface area contributed by atoms with Crippen LogP contribution in [0.3, 0.4) is 0 Å². The second kappa shape index (κ2) is 12.2. The topological polar surface area (TPSA) is 88.2 Å². The number of ether oxygens (including phenoxy) is 2. The van der Waals surface area contributed by atoms with Crippen LogP contribution in [-0.2, 0) is 27.8 Å². The third kappa shape index (κ3) is 6.88. The molecular weight excluding hydrogens is 490 g/mol. The van der Waals surface area contributed by atoms with Gasteiger partial charge >= 0.3 is 0 Å². The molecule has 9 heteroatoms. The maximum absolute atomic E-state index is 13.6. The number of hydrogen-bond donors (Lipinski definition) is 1. The average Bonchev–Trinajstić information content (AvgIpc) is 2.93. The number of piperazine rings is 1. The standard InChI is InChI=1S/C28H33N3O5S/c1-35-26-14-13-24(20-27(26)36-2)37(33,34)29-25(19-22-9-5-3-6-10-22)28(32)31-17-15-30(16-18-31)21-23-11-7-4-8-12-23/h3-14,20,25,29H,15-19,21H2,1-2H3/t25-/m0/s1. The molecule has 3 aromatic carbocycles. The van der Waals surface area contributed by atoms with Crippen molar-refractivity contribution in [2.75, 3.05) is 40.4 Å². The van der Waals surface area contributed by atoms with Gasteiger partial charge in [-0.2, -0.15) is 4.72 Å². The molecule has 196 valence electrons. The van der Waals surface area contributed by atoms with Crippen molar-refractivity contribution in [2.45, 2.75) is 23.9 Å². The normalized spacial score (nSPS) is 15.2. The zero-order chi connectivity index (χ0) is 26.3. The summed E-state index contributed by atoms with van der Waals surface area (Å²) in [5.74, 6) is 0.491. The van der Waals surface area contributed by atoms with Gasteiger partial charge in [-0.3, -0.25) is 9.69 Å². The minimum atomic E-state index is -4.02. The molecule has 1 heterocycles. The van der Waals surface area contributed by atoms with Gasteiger partial charge in [0.05, 0.1) is 19.1 Å². The van der Waals surface area contributed by atoms with Crippen molar-refractivity contribution < 1.29 is 22.7 Å². The Morgan fingerprint density at radius 1 is 0.838 bits per heavy atom. The smallest absolute Gasteiger partial charge is 0.241 e. The third-order valence-corrected chi connectivity index (χ3v) is 7.95. The number of nitrogens with one attached hydrogen (secondary N) is 1. The van der Waals surface area contributed by atoms with Gasteiger partial charge in [-0.25, -0.2) is 8.42 Å². The minimum absolute atomic E-state index is 0.00342. The Bertz CT molecular complexity index is 1280. The number of rotatable bonds is 10. The molecule has 1 fully saturated rings. The highest BCUT2D eigenvalue weighted by Gasteiger charge is 2.31. The van der Waals surface area contributed by atoms with Crippen LogP contribution in [0.15, 0.2) is 83.8 Å². The molecule has 1 aliphatic rings. The Morgan fingerprint density at radius 3 is 2.03 bits per heavy atom. The van der Waals surface area contributed by atoms with E-state index in [0.29, 0.717) is 24.6 Å². The molecule has 1 aliphatic heterocycles. The molecule has 0 unspecified atom stereocenters. The number of benzene rings is 3. The lowest BCUT2D eigenvalue weighted by Gasteiger charge is -2.36. The van der Waals surface area contributed by atoms with Gasteiger partial charge < -0.3 is 14.4 Å². The predicted octanol–water partition coefficient (Wildman–Crippen LogP) is 2.94. The number of nitrogens with zero attached hydrogens (tertiary/aromatic N) is 2. The molecule has 1 N–H and O–H groups in total. The Hall–Kier alpha value is -3.40. The van der Waals surface area contributed by atoms with Gasteiger partial charge in [0.2, 0.25) is 15.9 Å². The molecule has 37 heavy (non-hydrogen) atoms. The first-order valence-corrected chi connectivity index (χ1v) is 13.7. The highest BCUT2D eigenvalue weighted by atomic mass is 32.2. The second-order valence-electron chi connectivity index (χ2n) is 8.97. The summed E-state index contributed by atoms with van der Waals surface area (Å²) in [5.41, 5.74) is 2.10. The number of hydrogen-bond acceptors (Lipinski definition) is 6. The van der Waals surface area contributed by atoms with Gasteiger partial charge in [0.15, 0.2) is 11.5 Å². The molecule has 4 rings (SSSR count). The van der Waals surface area contributed by atoms with Crippen LogP contribution in [-0.4, -0.2) is 70.6 Å². The van der Waals surface area contributed by atoms with E-state index in [4.69, 9.17) is 9.47 Å². The maximum atomic E-state index is 13.6. The first-order valence-electron chi connectivity index (χ1n) is 12.2. The number of sulfonamides is 1. The van der Waals surface area contributed by atoms with E-state index >= 15 is 0 Å². The van der Waals surface area contributed by atoms with Gasteiger partial charge in [-0.1, -0.05) is 60.7 Å². The summed E-state index contributed by atoms with van der Waals surface area (Å²) < 4.78 is 39.9. The largest absolute Gasteiger partial charge is 0.493 e. The number of carbonyl (C=O) groups excluding carboxylic acids is 1. The quantitative estimate of drug-likeness (QED) is 0.440. The fourth-order valence-electron chi connectivity index (χ4n) is 4.46. The molecule has 0 aliphatic carbocycles. The van der Waals surface area contributed by atoms with E-state index in [1.165, 1.54) is 38.0 Å². The van der Waals surface area contributed by atoms with Crippen molar-refractivity contribution in [3.8, 4) is 11.5 Å². The summed E-state index contributed by atoms with van der Waals surface area (Å²) in [6.07, 6.45) is 0.246. The van der Waals surface area contributed by atoms with E-state index in [2.05, 4.69) is 21.8 Å². The Balaban J connectivity index is 1.49. The van der Waals surface area contributed by atoms with Crippen molar-refractivity contribution in [1.82, 2.24) is 14.5 Å². The highest BCUT2D eigenvalue weighted by Crippen LogP contribution is 2.29. The van der Waals surface area contributed by atoms with Gasteiger partial charge in [0.25, 0.3) is 0 Å². The van der Waals surface area contributed by atoms with E-state index in [1.807, 2.05) is 48.5 Å². The van der Waals surface area contributed by atoms with E-state index in [-0.39, 0.29) is 17.2 Å².